The van der Waals surface area contributed by atoms with Crippen molar-refractivity contribution in [2.24, 2.45) is 5.73 Å². The van der Waals surface area contributed by atoms with Crippen molar-refractivity contribution in [3.63, 3.8) is 0 Å². The summed E-state index contributed by atoms with van der Waals surface area (Å²) in [5.41, 5.74) is 5.22. The number of likely N-dealkylation sites (tertiary alicyclic amines) is 1. The first-order chi connectivity index (χ1) is 7.00. The van der Waals surface area contributed by atoms with E-state index < -0.39 is 6.03 Å². The lowest BCUT2D eigenvalue weighted by Crippen LogP contribution is -2.42. The second-order valence-corrected chi connectivity index (χ2v) is 4.13. The fourth-order valence-corrected chi connectivity index (χ4v) is 2.14. The SMILES string of the molecule is CC(=O)NC(=S)CC1CCCN1C(N)=O. The summed E-state index contributed by atoms with van der Waals surface area (Å²) in [6.45, 7) is 2.09. The van der Waals surface area contributed by atoms with Gasteiger partial charge in [-0.25, -0.2) is 4.79 Å². The van der Waals surface area contributed by atoms with Gasteiger partial charge in [-0.05, 0) is 12.8 Å². The van der Waals surface area contributed by atoms with Gasteiger partial charge in [0.15, 0.2) is 0 Å². The van der Waals surface area contributed by atoms with Gasteiger partial charge < -0.3 is 16.0 Å². The average molecular weight is 229 g/mol. The second-order valence-electron chi connectivity index (χ2n) is 3.64. The highest BCUT2D eigenvalue weighted by atomic mass is 32.1. The van der Waals surface area contributed by atoms with Crippen LogP contribution in [-0.4, -0.2) is 34.4 Å². The minimum Gasteiger partial charge on any atom is -0.351 e. The fourth-order valence-electron chi connectivity index (χ4n) is 1.80. The highest BCUT2D eigenvalue weighted by molar-refractivity contribution is 7.80. The summed E-state index contributed by atoms with van der Waals surface area (Å²) in [5, 5.41) is 2.54. The van der Waals surface area contributed by atoms with E-state index in [9.17, 15) is 9.59 Å². The maximum atomic E-state index is 11.0. The van der Waals surface area contributed by atoms with E-state index in [4.69, 9.17) is 18.0 Å². The lowest BCUT2D eigenvalue weighted by molar-refractivity contribution is -0.117. The zero-order valence-electron chi connectivity index (χ0n) is 8.66. The van der Waals surface area contributed by atoms with Gasteiger partial charge in [-0.15, -0.1) is 0 Å². The molecule has 1 rings (SSSR count). The summed E-state index contributed by atoms with van der Waals surface area (Å²) >= 11 is 5.00. The molecule has 1 aliphatic rings. The number of nitrogens with two attached hydrogens (primary N) is 1. The molecule has 1 atom stereocenters. The van der Waals surface area contributed by atoms with Gasteiger partial charge in [-0.2, -0.15) is 0 Å². The largest absolute Gasteiger partial charge is 0.351 e. The topological polar surface area (TPSA) is 75.4 Å². The lowest BCUT2D eigenvalue weighted by atomic mass is 10.1. The van der Waals surface area contributed by atoms with Crippen molar-refractivity contribution in [3.8, 4) is 0 Å². The van der Waals surface area contributed by atoms with Crippen LogP contribution in [0.3, 0.4) is 0 Å². The molecule has 84 valence electrons. The molecule has 3 amide bonds. The molecule has 0 aliphatic carbocycles. The van der Waals surface area contributed by atoms with Gasteiger partial charge in [0.1, 0.15) is 0 Å². The molecule has 0 aromatic heterocycles. The number of thiocarbonyl (C=S) groups is 1. The molecule has 1 aliphatic heterocycles. The maximum Gasteiger partial charge on any atom is 0.315 e. The Balaban J connectivity index is 2.46. The zero-order chi connectivity index (χ0) is 11.4. The minimum absolute atomic E-state index is 0.0434. The van der Waals surface area contributed by atoms with Gasteiger partial charge >= 0.3 is 6.03 Å². The first-order valence-electron chi connectivity index (χ1n) is 4.87. The molecule has 1 unspecified atom stereocenters. The number of nitrogens with zero attached hydrogens (tertiary/aromatic N) is 1. The van der Waals surface area contributed by atoms with Crippen molar-refractivity contribution in [1.29, 1.82) is 0 Å². The summed E-state index contributed by atoms with van der Waals surface area (Å²) < 4.78 is 0. The van der Waals surface area contributed by atoms with Crippen LogP contribution in [0.5, 0.6) is 0 Å². The van der Waals surface area contributed by atoms with E-state index in [0.717, 1.165) is 12.8 Å². The molecule has 0 aromatic rings. The molecular formula is C9H15N3O2S. The predicted molar refractivity (Wildman–Crippen MR) is 60.3 cm³/mol. The standard InChI is InChI=1S/C9H15N3O2S/c1-6(13)11-8(15)5-7-3-2-4-12(7)9(10)14/h7H,2-5H2,1H3,(H2,10,14)(H,11,13,15). The molecule has 1 heterocycles. The molecule has 0 radical (unpaired) electrons. The van der Waals surface area contributed by atoms with Crippen molar-refractivity contribution in [3.05, 3.63) is 0 Å². The number of carbonyl (C=O) groups is 2. The molecule has 0 bridgehead atoms. The zero-order valence-corrected chi connectivity index (χ0v) is 9.47. The molecule has 0 aromatic carbocycles. The van der Waals surface area contributed by atoms with Gasteiger partial charge in [0, 0.05) is 25.9 Å². The second kappa shape index (κ2) is 5.06. The van der Waals surface area contributed by atoms with Gasteiger partial charge in [0.05, 0.1) is 4.99 Å². The Morgan fingerprint density at radius 3 is 2.80 bits per heavy atom. The van der Waals surface area contributed by atoms with Crippen LogP contribution in [0.25, 0.3) is 0 Å². The third-order valence-electron chi connectivity index (χ3n) is 2.40. The van der Waals surface area contributed by atoms with Crippen LogP contribution in [0.15, 0.2) is 0 Å². The van der Waals surface area contributed by atoms with E-state index in [1.165, 1.54) is 6.92 Å². The van der Waals surface area contributed by atoms with Gasteiger partial charge in [0.2, 0.25) is 5.91 Å². The number of carbonyl (C=O) groups excluding carboxylic acids is 2. The van der Waals surface area contributed by atoms with Gasteiger partial charge in [0.25, 0.3) is 0 Å². The molecule has 0 saturated carbocycles. The number of nitrogens with one attached hydrogen (secondary N) is 1. The minimum atomic E-state index is -0.414. The normalized spacial score (nSPS) is 20.1. The number of hydrogen-bond acceptors (Lipinski definition) is 3. The third kappa shape index (κ3) is 3.47. The summed E-state index contributed by atoms with van der Waals surface area (Å²) in [6, 6.07) is -0.370. The van der Waals surface area contributed by atoms with Crippen LogP contribution >= 0.6 is 12.2 Å². The Kier molecular flexibility index (Phi) is 4.02. The number of amides is 3. The highest BCUT2D eigenvalue weighted by Gasteiger charge is 2.27. The quantitative estimate of drug-likeness (QED) is 0.672. The Labute approximate surface area is 94.0 Å². The van der Waals surface area contributed by atoms with Crippen LogP contribution in [0.4, 0.5) is 4.79 Å². The summed E-state index contributed by atoms with van der Waals surface area (Å²) in [6.07, 6.45) is 2.34. The van der Waals surface area contributed by atoms with E-state index >= 15 is 0 Å². The van der Waals surface area contributed by atoms with Crippen LogP contribution in [0.2, 0.25) is 0 Å². The summed E-state index contributed by atoms with van der Waals surface area (Å²) in [4.78, 5) is 23.9. The van der Waals surface area contributed by atoms with Crippen LogP contribution in [0.1, 0.15) is 26.2 Å². The number of hydrogen-bond donors (Lipinski definition) is 2. The van der Waals surface area contributed by atoms with Gasteiger partial charge in [-0.3, -0.25) is 4.79 Å². The molecule has 1 saturated heterocycles. The van der Waals surface area contributed by atoms with E-state index in [0.29, 0.717) is 18.0 Å². The maximum absolute atomic E-state index is 11.0. The monoisotopic (exact) mass is 229 g/mol. The Morgan fingerprint density at radius 2 is 2.27 bits per heavy atom. The molecule has 15 heavy (non-hydrogen) atoms. The van der Waals surface area contributed by atoms with Crippen molar-refractivity contribution < 1.29 is 9.59 Å². The van der Waals surface area contributed by atoms with Crippen LogP contribution in [-0.2, 0) is 4.79 Å². The molecule has 1 fully saturated rings. The Hall–Kier alpha value is -1.17. The highest BCUT2D eigenvalue weighted by Crippen LogP contribution is 2.19. The molecule has 5 nitrogen and oxygen atoms in total. The average Bonchev–Trinajstić information content (AvgIpc) is 2.50. The smallest absolute Gasteiger partial charge is 0.315 e. The number of primary amides is 1. The van der Waals surface area contributed by atoms with E-state index in [1.807, 2.05) is 0 Å². The first kappa shape index (κ1) is 11.9. The van der Waals surface area contributed by atoms with Crippen molar-refractivity contribution in [1.82, 2.24) is 10.2 Å². The van der Waals surface area contributed by atoms with Crippen LogP contribution < -0.4 is 11.1 Å². The van der Waals surface area contributed by atoms with Crippen molar-refractivity contribution in [2.75, 3.05) is 6.54 Å². The van der Waals surface area contributed by atoms with Crippen molar-refractivity contribution in [2.45, 2.75) is 32.2 Å². The van der Waals surface area contributed by atoms with Gasteiger partial charge in [-0.1, -0.05) is 12.2 Å². The Morgan fingerprint density at radius 1 is 1.60 bits per heavy atom. The lowest BCUT2D eigenvalue weighted by Gasteiger charge is -2.22. The predicted octanol–water partition coefficient (Wildman–Crippen LogP) is 0.383. The first-order valence-corrected chi connectivity index (χ1v) is 5.28. The Bertz CT molecular complexity index is 293. The molecule has 0 spiro atoms. The van der Waals surface area contributed by atoms with E-state index in [1.54, 1.807) is 4.90 Å². The summed E-state index contributed by atoms with van der Waals surface area (Å²) in [7, 11) is 0. The van der Waals surface area contributed by atoms with E-state index in [-0.39, 0.29) is 11.9 Å². The van der Waals surface area contributed by atoms with Crippen molar-refractivity contribution >= 4 is 29.1 Å². The van der Waals surface area contributed by atoms with E-state index in [2.05, 4.69) is 5.32 Å². The third-order valence-corrected chi connectivity index (χ3v) is 2.67. The number of rotatable bonds is 2. The molecular weight excluding hydrogens is 214 g/mol. The molecule has 6 heteroatoms. The fraction of sp³-hybridized carbons (Fsp3) is 0.667. The number of urea groups is 1. The molecule has 3 N–H and O–H groups in total. The summed E-state index contributed by atoms with van der Waals surface area (Å²) in [5.74, 6) is -0.177. The van der Waals surface area contributed by atoms with Crippen LogP contribution in [0, 0.1) is 0 Å².